The Morgan fingerprint density at radius 3 is 2.87 bits per heavy atom. The second-order valence-electron chi connectivity index (χ2n) is 6.09. The van der Waals surface area contributed by atoms with Crippen LogP contribution in [0, 0.1) is 11.3 Å². The van der Waals surface area contributed by atoms with E-state index in [1.54, 1.807) is 18.3 Å². The number of aromatic nitrogens is 1. The second kappa shape index (κ2) is 7.28. The number of anilines is 1. The molecule has 23 heavy (non-hydrogen) atoms. The zero-order valence-corrected chi connectivity index (χ0v) is 13.4. The Morgan fingerprint density at radius 2 is 2.09 bits per heavy atom. The van der Waals surface area contributed by atoms with Crippen LogP contribution in [0.25, 0.3) is 0 Å². The number of nitriles is 1. The monoisotopic (exact) mass is 310 g/mol. The lowest BCUT2D eigenvalue weighted by atomic mass is 9.98. The van der Waals surface area contributed by atoms with E-state index in [2.05, 4.69) is 22.0 Å². The van der Waals surface area contributed by atoms with Gasteiger partial charge >= 0.3 is 0 Å². The van der Waals surface area contributed by atoms with Gasteiger partial charge in [-0.1, -0.05) is 6.08 Å². The van der Waals surface area contributed by atoms with Gasteiger partial charge in [0.15, 0.2) is 0 Å². The summed E-state index contributed by atoms with van der Waals surface area (Å²) in [6, 6.07) is 5.78. The van der Waals surface area contributed by atoms with Gasteiger partial charge in [0.2, 0.25) is 5.91 Å². The maximum absolute atomic E-state index is 12.6. The normalized spacial score (nSPS) is 18.8. The van der Waals surface area contributed by atoms with Crippen molar-refractivity contribution >= 4 is 11.7 Å². The predicted molar refractivity (Wildman–Crippen MR) is 88.9 cm³/mol. The largest absolute Gasteiger partial charge is 0.354 e. The Kier molecular flexibility index (Phi) is 4.92. The van der Waals surface area contributed by atoms with Crippen molar-refractivity contribution in [2.75, 3.05) is 31.1 Å². The average Bonchev–Trinajstić information content (AvgIpc) is 2.88. The summed E-state index contributed by atoms with van der Waals surface area (Å²) in [6.07, 6.45) is 8.99. The number of rotatable bonds is 2. The minimum absolute atomic E-state index is 0.202. The molecule has 1 saturated heterocycles. The topological polar surface area (TPSA) is 60.2 Å². The molecule has 0 N–H and O–H groups in total. The highest BCUT2D eigenvalue weighted by Crippen LogP contribution is 2.22. The van der Waals surface area contributed by atoms with Crippen molar-refractivity contribution in [3.05, 3.63) is 35.5 Å². The Labute approximate surface area is 137 Å². The Balaban J connectivity index is 1.69. The van der Waals surface area contributed by atoms with Gasteiger partial charge in [-0.25, -0.2) is 4.98 Å². The highest BCUT2D eigenvalue weighted by Gasteiger charge is 2.23. The minimum atomic E-state index is 0.202. The minimum Gasteiger partial charge on any atom is -0.354 e. The van der Waals surface area contributed by atoms with E-state index < -0.39 is 0 Å². The molecule has 0 saturated carbocycles. The molecule has 1 amide bonds. The summed E-state index contributed by atoms with van der Waals surface area (Å²) < 4.78 is 0. The summed E-state index contributed by atoms with van der Waals surface area (Å²) in [5.74, 6) is 0.939. The van der Waals surface area contributed by atoms with E-state index in [1.165, 1.54) is 6.42 Å². The van der Waals surface area contributed by atoms with Crippen molar-refractivity contribution in [3.63, 3.8) is 0 Å². The van der Waals surface area contributed by atoms with Crippen LogP contribution in [0.2, 0.25) is 0 Å². The van der Waals surface area contributed by atoms with Gasteiger partial charge in [0.1, 0.15) is 11.9 Å². The highest BCUT2D eigenvalue weighted by atomic mass is 16.2. The Morgan fingerprint density at radius 1 is 1.17 bits per heavy atom. The predicted octanol–water partition coefficient (Wildman–Crippen LogP) is 2.49. The van der Waals surface area contributed by atoms with Gasteiger partial charge < -0.3 is 9.80 Å². The molecule has 0 unspecified atom stereocenters. The zero-order chi connectivity index (χ0) is 16.1. The third-order valence-corrected chi connectivity index (χ3v) is 4.56. The first-order chi connectivity index (χ1) is 11.3. The van der Waals surface area contributed by atoms with E-state index in [0.29, 0.717) is 12.1 Å². The Hall–Kier alpha value is -2.35. The second-order valence-corrected chi connectivity index (χ2v) is 6.09. The number of hydrogen-bond donors (Lipinski definition) is 0. The van der Waals surface area contributed by atoms with Crippen LogP contribution in [-0.2, 0) is 4.79 Å². The van der Waals surface area contributed by atoms with Gasteiger partial charge in [-0.15, -0.1) is 0 Å². The third kappa shape index (κ3) is 3.53. The van der Waals surface area contributed by atoms with Crippen LogP contribution in [0.3, 0.4) is 0 Å². The van der Waals surface area contributed by atoms with E-state index >= 15 is 0 Å². The zero-order valence-electron chi connectivity index (χ0n) is 13.4. The summed E-state index contributed by atoms with van der Waals surface area (Å²) in [5.41, 5.74) is 1.59. The van der Waals surface area contributed by atoms with Gasteiger partial charge in [0.05, 0.1) is 5.56 Å². The number of pyridine rings is 1. The lowest BCUT2D eigenvalue weighted by Gasteiger charge is -2.25. The van der Waals surface area contributed by atoms with E-state index in [4.69, 9.17) is 0 Å². The summed E-state index contributed by atoms with van der Waals surface area (Å²) in [4.78, 5) is 21.1. The number of allylic oxidation sites excluding steroid dienone is 1. The van der Waals surface area contributed by atoms with Crippen LogP contribution in [0.5, 0.6) is 0 Å². The van der Waals surface area contributed by atoms with Crippen LogP contribution in [0.1, 0.15) is 37.7 Å². The van der Waals surface area contributed by atoms with Crippen LogP contribution in [-0.4, -0.2) is 42.0 Å². The molecule has 5 heteroatoms. The molecule has 1 aromatic rings. The number of carbonyl (C=O) groups is 1. The van der Waals surface area contributed by atoms with Gasteiger partial charge in [-0.05, 0) is 44.2 Å². The van der Waals surface area contributed by atoms with E-state index in [1.807, 2.05) is 4.90 Å². The third-order valence-electron chi connectivity index (χ3n) is 4.56. The molecule has 1 aliphatic carbocycles. The van der Waals surface area contributed by atoms with E-state index in [-0.39, 0.29) is 5.91 Å². The molecule has 0 spiro atoms. The number of amides is 1. The van der Waals surface area contributed by atoms with Gasteiger partial charge in [-0.2, -0.15) is 5.26 Å². The maximum Gasteiger partial charge on any atom is 0.249 e. The van der Waals surface area contributed by atoms with Gasteiger partial charge in [0.25, 0.3) is 0 Å². The Bertz CT molecular complexity index is 647. The first-order valence-corrected chi connectivity index (χ1v) is 8.38. The van der Waals surface area contributed by atoms with Gasteiger partial charge in [0, 0.05) is 37.9 Å². The molecular weight excluding hydrogens is 288 g/mol. The number of carbonyl (C=O) groups excluding carboxylic acids is 1. The van der Waals surface area contributed by atoms with E-state index in [9.17, 15) is 10.1 Å². The first-order valence-electron chi connectivity index (χ1n) is 8.38. The fourth-order valence-electron chi connectivity index (χ4n) is 3.30. The van der Waals surface area contributed by atoms with Crippen LogP contribution < -0.4 is 4.90 Å². The maximum atomic E-state index is 12.6. The molecule has 0 bridgehead atoms. The molecule has 2 heterocycles. The molecule has 0 aromatic carbocycles. The molecule has 5 nitrogen and oxygen atoms in total. The average molecular weight is 310 g/mol. The van der Waals surface area contributed by atoms with E-state index in [0.717, 1.165) is 56.7 Å². The summed E-state index contributed by atoms with van der Waals surface area (Å²) in [6.45, 7) is 3.03. The highest BCUT2D eigenvalue weighted by molar-refractivity contribution is 5.93. The van der Waals surface area contributed by atoms with Crippen LogP contribution >= 0.6 is 0 Å². The molecular formula is C18H22N4O. The lowest BCUT2D eigenvalue weighted by molar-refractivity contribution is -0.127. The van der Waals surface area contributed by atoms with Crippen LogP contribution in [0.4, 0.5) is 5.82 Å². The molecule has 0 atom stereocenters. The SMILES string of the molecule is N#Cc1cccnc1N1CCCN(C(=O)C2=CCCCC2)CC1. The fourth-order valence-corrected chi connectivity index (χ4v) is 3.30. The standard InChI is InChI=1S/C18H22N4O/c19-14-16-8-4-9-20-17(16)21-10-5-11-22(13-12-21)18(23)15-6-2-1-3-7-15/h4,6,8-9H,1-3,5,7,10-13H2. The van der Waals surface area contributed by atoms with Crippen molar-refractivity contribution < 1.29 is 4.79 Å². The van der Waals surface area contributed by atoms with Crippen molar-refractivity contribution in [2.45, 2.75) is 32.1 Å². The van der Waals surface area contributed by atoms with Crippen molar-refractivity contribution in [1.29, 1.82) is 5.26 Å². The molecule has 1 aliphatic heterocycles. The van der Waals surface area contributed by atoms with Crippen molar-refractivity contribution in [1.82, 2.24) is 9.88 Å². The summed E-state index contributed by atoms with van der Waals surface area (Å²) in [5, 5.41) is 9.24. The molecule has 1 aromatic heterocycles. The van der Waals surface area contributed by atoms with Crippen molar-refractivity contribution in [2.24, 2.45) is 0 Å². The molecule has 3 rings (SSSR count). The van der Waals surface area contributed by atoms with Crippen LogP contribution in [0.15, 0.2) is 30.0 Å². The fraction of sp³-hybridized carbons (Fsp3) is 0.500. The first kappa shape index (κ1) is 15.5. The summed E-state index contributed by atoms with van der Waals surface area (Å²) in [7, 11) is 0. The number of hydrogen-bond acceptors (Lipinski definition) is 4. The quantitative estimate of drug-likeness (QED) is 0.842. The smallest absolute Gasteiger partial charge is 0.249 e. The molecule has 1 fully saturated rings. The van der Waals surface area contributed by atoms with Gasteiger partial charge in [-0.3, -0.25) is 4.79 Å². The number of nitrogens with zero attached hydrogens (tertiary/aromatic N) is 4. The molecule has 2 aliphatic rings. The summed E-state index contributed by atoms with van der Waals surface area (Å²) >= 11 is 0. The molecule has 120 valence electrons. The lowest BCUT2D eigenvalue weighted by Crippen LogP contribution is -2.36. The van der Waals surface area contributed by atoms with Crippen molar-refractivity contribution in [3.8, 4) is 6.07 Å². The molecule has 0 radical (unpaired) electrons.